The summed E-state index contributed by atoms with van der Waals surface area (Å²) in [6.07, 6.45) is 1.17. The molecule has 1 N–H and O–H groups in total. The molecular formula is C15H24N2O. The van der Waals surface area contributed by atoms with E-state index >= 15 is 0 Å². The lowest BCUT2D eigenvalue weighted by Gasteiger charge is -2.45. The van der Waals surface area contributed by atoms with Gasteiger partial charge in [-0.05, 0) is 30.5 Å². The predicted octanol–water partition coefficient (Wildman–Crippen LogP) is 2.52. The summed E-state index contributed by atoms with van der Waals surface area (Å²) in [6, 6.07) is 8.79. The van der Waals surface area contributed by atoms with Crippen molar-refractivity contribution in [1.82, 2.24) is 5.32 Å². The zero-order chi connectivity index (χ0) is 13.2. The Hall–Kier alpha value is -1.22. The van der Waals surface area contributed by atoms with E-state index in [2.05, 4.69) is 43.2 Å². The molecule has 1 heterocycles. The first-order chi connectivity index (χ1) is 8.56. The van der Waals surface area contributed by atoms with Crippen molar-refractivity contribution in [2.24, 2.45) is 5.41 Å². The summed E-state index contributed by atoms with van der Waals surface area (Å²) in [4.78, 5) is 2.37. The van der Waals surface area contributed by atoms with Crippen LogP contribution in [0, 0.1) is 5.41 Å². The van der Waals surface area contributed by atoms with E-state index in [4.69, 9.17) is 4.74 Å². The Morgan fingerprint density at radius 1 is 1.33 bits per heavy atom. The molecule has 0 saturated carbocycles. The number of hydrogen-bond donors (Lipinski definition) is 1. The van der Waals surface area contributed by atoms with Crippen molar-refractivity contribution >= 4 is 5.69 Å². The number of hydrogen-bond acceptors (Lipinski definition) is 3. The van der Waals surface area contributed by atoms with E-state index in [1.165, 1.54) is 12.1 Å². The van der Waals surface area contributed by atoms with Gasteiger partial charge in [-0.25, -0.2) is 0 Å². The third-order valence-corrected chi connectivity index (χ3v) is 4.01. The Kier molecular flexibility index (Phi) is 3.81. The van der Waals surface area contributed by atoms with Crippen molar-refractivity contribution in [3.63, 3.8) is 0 Å². The number of para-hydroxylation sites is 2. The van der Waals surface area contributed by atoms with Crippen LogP contribution in [0.3, 0.4) is 0 Å². The number of methoxy groups -OCH3 is 1. The zero-order valence-electron chi connectivity index (χ0n) is 11.9. The number of nitrogens with one attached hydrogen (secondary N) is 1. The van der Waals surface area contributed by atoms with E-state index in [1.54, 1.807) is 7.11 Å². The minimum absolute atomic E-state index is 0.272. The van der Waals surface area contributed by atoms with Gasteiger partial charge >= 0.3 is 0 Å². The van der Waals surface area contributed by atoms with Gasteiger partial charge in [0.25, 0.3) is 0 Å². The monoisotopic (exact) mass is 248 g/mol. The summed E-state index contributed by atoms with van der Waals surface area (Å²) in [5, 5.41) is 3.48. The van der Waals surface area contributed by atoms with Gasteiger partial charge in [0, 0.05) is 19.6 Å². The van der Waals surface area contributed by atoms with Gasteiger partial charge in [-0.2, -0.15) is 0 Å². The van der Waals surface area contributed by atoms with E-state index in [9.17, 15) is 0 Å². The molecule has 1 unspecified atom stereocenters. The molecule has 0 radical (unpaired) electrons. The van der Waals surface area contributed by atoms with Crippen molar-refractivity contribution in [1.29, 1.82) is 0 Å². The summed E-state index contributed by atoms with van der Waals surface area (Å²) in [5.74, 6) is 0.953. The van der Waals surface area contributed by atoms with Gasteiger partial charge < -0.3 is 15.0 Å². The predicted molar refractivity (Wildman–Crippen MR) is 76.5 cm³/mol. The fourth-order valence-corrected chi connectivity index (χ4v) is 2.96. The van der Waals surface area contributed by atoms with Crippen LogP contribution in [0.25, 0.3) is 0 Å². The molecule has 1 saturated heterocycles. The third-order valence-electron chi connectivity index (χ3n) is 4.01. The van der Waals surface area contributed by atoms with Gasteiger partial charge in [0.05, 0.1) is 12.8 Å². The molecule has 1 aromatic carbocycles. The van der Waals surface area contributed by atoms with E-state index < -0.39 is 0 Å². The summed E-state index contributed by atoms with van der Waals surface area (Å²) >= 11 is 0. The summed E-state index contributed by atoms with van der Waals surface area (Å²) in [5.41, 5.74) is 1.45. The normalized spacial score (nSPS) is 22.6. The van der Waals surface area contributed by atoms with Crippen LogP contribution in [0.2, 0.25) is 0 Å². The van der Waals surface area contributed by atoms with Gasteiger partial charge in [0.15, 0.2) is 0 Å². The lowest BCUT2D eigenvalue weighted by Crippen LogP contribution is -2.53. The van der Waals surface area contributed by atoms with E-state index in [0.29, 0.717) is 6.04 Å². The molecule has 3 heteroatoms. The van der Waals surface area contributed by atoms with Crippen LogP contribution in [-0.2, 0) is 0 Å². The highest BCUT2D eigenvalue weighted by Crippen LogP contribution is 2.35. The van der Waals surface area contributed by atoms with Gasteiger partial charge in [0.2, 0.25) is 0 Å². The number of nitrogens with zero attached hydrogens (tertiary/aromatic N) is 1. The maximum absolute atomic E-state index is 5.47. The topological polar surface area (TPSA) is 24.5 Å². The van der Waals surface area contributed by atoms with Crippen molar-refractivity contribution < 1.29 is 4.74 Å². The summed E-state index contributed by atoms with van der Waals surface area (Å²) in [7, 11) is 3.91. The van der Waals surface area contributed by atoms with E-state index in [-0.39, 0.29) is 5.41 Å². The maximum atomic E-state index is 5.47. The molecule has 1 aliphatic heterocycles. The number of ether oxygens (including phenoxy) is 1. The quantitative estimate of drug-likeness (QED) is 0.889. The van der Waals surface area contributed by atoms with Crippen molar-refractivity contribution in [3.05, 3.63) is 24.3 Å². The lowest BCUT2D eigenvalue weighted by molar-refractivity contribution is 0.214. The van der Waals surface area contributed by atoms with Crippen molar-refractivity contribution in [2.75, 3.05) is 32.1 Å². The van der Waals surface area contributed by atoms with Crippen LogP contribution in [0.15, 0.2) is 24.3 Å². The molecule has 1 fully saturated rings. The van der Waals surface area contributed by atoms with E-state index in [1.807, 2.05) is 12.1 Å². The molecule has 1 aromatic rings. The molecule has 100 valence electrons. The van der Waals surface area contributed by atoms with Crippen LogP contribution < -0.4 is 15.0 Å². The minimum Gasteiger partial charge on any atom is -0.495 e. The van der Waals surface area contributed by atoms with Crippen LogP contribution in [0.1, 0.15) is 20.3 Å². The highest BCUT2D eigenvalue weighted by molar-refractivity contribution is 5.58. The summed E-state index contributed by atoms with van der Waals surface area (Å²) < 4.78 is 5.47. The first-order valence-corrected chi connectivity index (χ1v) is 6.63. The van der Waals surface area contributed by atoms with Gasteiger partial charge in [-0.3, -0.25) is 0 Å². The highest BCUT2D eigenvalue weighted by atomic mass is 16.5. The van der Waals surface area contributed by atoms with Gasteiger partial charge in [0.1, 0.15) is 5.75 Å². The highest BCUT2D eigenvalue weighted by Gasteiger charge is 2.35. The molecule has 0 spiro atoms. The lowest BCUT2D eigenvalue weighted by atomic mass is 9.79. The first kappa shape index (κ1) is 13.2. The SMILES string of the molecule is COc1ccccc1N(C)C1CCNCC1(C)C. The Morgan fingerprint density at radius 3 is 2.72 bits per heavy atom. The smallest absolute Gasteiger partial charge is 0.142 e. The number of benzene rings is 1. The van der Waals surface area contributed by atoms with Crippen LogP contribution in [0.5, 0.6) is 5.75 Å². The van der Waals surface area contributed by atoms with Crippen LogP contribution >= 0.6 is 0 Å². The Morgan fingerprint density at radius 2 is 2.06 bits per heavy atom. The standard InChI is InChI=1S/C15H24N2O/c1-15(2)11-16-10-9-14(15)17(3)12-7-5-6-8-13(12)18-4/h5-8,14,16H,9-11H2,1-4H3. The molecule has 0 amide bonds. The van der Waals surface area contributed by atoms with Gasteiger partial charge in [-0.15, -0.1) is 0 Å². The number of anilines is 1. The Bertz CT molecular complexity index is 403. The van der Waals surface area contributed by atoms with Crippen LogP contribution in [0.4, 0.5) is 5.69 Å². The largest absolute Gasteiger partial charge is 0.495 e. The number of piperidine rings is 1. The zero-order valence-corrected chi connectivity index (χ0v) is 11.9. The molecule has 1 aliphatic rings. The molecular weight excluding hydrogens is 224 g/mol. The maximum Gasteiger partial charge on any atom is 0.142 e. The Balaban J connectivity index is 2.27. The molecule has 1 atom stereocenters. The minimum atomic E-state index is 0.272. The molecule has 0 aliphatic carbocycles. The fraction of sp³-hybridized carbons (Fsp3) is 0.600. The second kappa shape index (κ2) is 5.19. The molecule has 18 heavy (non-hydrogen) atoms. The third kappa shape index (κ3) is 2.46. The molecule has 0 bridgehead atoms. The average molecular weight is 248 g/mol. The van der Waals surface area contributed by atoms with Crippen LogP contribution in [-0.4, -0.2) is 33.3 Å². The number of rotatable bonds is 3. The summed E-state index contributed by atoms with van der Waals surface area (Å²) in [6.45, 7) is 6.82. The van der Waals surface area contributed by atoms with Crippen molar-refractivity contribution in [2.45, 2.75) is 26.3 Å². The van der Waals surface area contributed by atoms with E-state index in [0.717, 1.165) is 18.8 Å². The molecule has 0 aromatic heterocycles. The fourth-order valence-electron chi connectivity index (χ4n) is 2.96. The van der Waals surface area contributed by atoms with Gasteiger partial charge in [-0.1, -0.05) is 26.0 Å². The second-order valence-corrected chi connectivity index (χ2v) is 5.75. The second-order valence-electron chi connectivity index (χ2n) is 5.75. The Labute approximate surface area is 110 Å². The average Bonchev–Trinajstić information content (AvgIpc) is 2.37. The van der Waals surface area contributed by atoms with Crippen molar-refractivity contribution in [3.8, 4) is 5.75 Å². The first-order valence-electron chi connectivity index (χ1n) is 6.63. The molecule has 3 nitrogen and oxygen atoms in total. The molecule has 2 rings (SSSR count).